The fourth-order valence-corrected chi connectivity index (χ4v) is 3.91. The lowest BCUT2D eigenvalue weighted by Gasteiger charge is -2.01. The number of carbonyl (C=O) groups excluding carboxylic acids is 1. The lowest BCUT2D eigenvalue weighted by atomic mass is 10.1. The molecule has 0 bridgehead atoms. The summed E-state index contributed by atoms with van der Waals surface area (Å²) in [4.78, 5) is 16.6. The van der Waals surface area contributed by atoms with Gasteiger partial charge in [-0.3, -0.25) is 4.79 Å². The van der Waals surface area contributed by atoms with Crippen molar-refractivity contribution < 1.29 is 13.2 Å². The maximum absolute atomic E-state index is 12.1. The number of thiazole rings is 1. The van der Waals surface area contributed by atoms with E-state index in [1.54, 1.807) is 36.4 Å². The number of hydrogen-bond acceptors (Lipinski definition) is 5. The Morgan fingerprint density at radius 2 is 1.92 bits per heavy atom. The summed E-state index contributed by atoms with van der Waals surface area (Å²) in [5.74, 6) is -0.195. The number of benzene rings is 2. The third-order valence-corrected chi connectivity index (χ3v) is 5.61. The number of amides is 1. The molecule has 124 valence electrons. The van der Waals surface area contributed by atoms with E-state index in [1.807, 2.05) is 0 Å². The Bertz CT molecular complexity index is 1010. The minimum atomic E-state index is -3.27. The van der Waals surface area contributed by atoms with Crippen molar-refractivity contribution in [3.63, 3.8) is 0 Å². The van der Waals surface area contributed by atoms with E-state index in [9.17, 15) is 13.2 Å². The highest BCUT2D eigenvalue weighted by molar-refractivity contribution is 7.90. The van der Waals surface area contributed by atoms with Gasteiger partial charge >= 0.3 is 0 Å². The van der Waals surface area contributed by atoms with Gasteiger partial charge in [0.05, 0.1) is 21.5 Å². The molecular formula is C16H13ClN2O3S2. The highest BCUT2D eigenvalue weighted by atomic mass is 35.5. The van der Waals surface area contributed by atoms with Gasteiger partial charge in [-0.2, -0.15) is 0 Å². The summed E-state index contributed by atoms with van der Waals surface area (Å²) >= 11 is 7.06. The molecule has 1 aromatic heterocycles. The first-order valence-electron chi connectivity index (χ1n) is 6.96. The number of nitrogens with one attached hydrogen (secondary N) is 1. The normalized spacial score (nSPS) is 11.6. The van der Waals surface area contributed by atoms with E-state index in [0.29, 0.717) is 20.4 Å². The van der Waals surface area contributed by atoms with Gasteiger partial charge in [-0.1, -0.05) is 35.1 Å². The van der Waals surface area contributed by atoms with Gasteiger partial charge in [-0.05, 0) is 35.9 Å². The van der Waals surface area contributed by atoms with E-state index in [-0.39, 0.29) is 17.2 Å². The molecule has 0 aliphatic carbocycles. The number of aromatic nitrogens is 1. The van der Waals surface area contributed by atoms with Gasteiger partial charge in [-0.25, -0.2) is 13.4 Å². The number of rotatable bonds is 4. The lowest BCUT2D eigenvalue weighted by molar-refractivity contribution is -0.115. The van der Waals surface area contributed by atoms with Gasteiger partial charge in [0.25, 0.3) is 0 Å². The van der Waals surface area contributed by atoms with Crippen LogP contribution in [0.25, 0.3) is 10.2 Å². The SMILES string of the molecule is CS(=O)(=O)c1ccc2nc(NC(=O)Cc3ccc(Cl)cc3)sc2c1. The Morgan fingerprint density at radius 1 is 1.21 bits per heavy atom. The van der Waals surface area contributed by atoms with E-state index in [0.717, 1.165) is 11.8 Å². The molecule has 3 rings (SSSR count). The van der Waals surface area contributed by atoms with E-state index in [4.69, 9.17) is 11.6 Å². The molecule has 5 nitrogen and oxygen atoms in total. The second-order valence-corrected chi connectivity index (χ2v) is 8.75. The van der Waals surface area contributed by atoms with Crippen LogP contribution in [-0.4, -0.2) is 25.6 Å². The van der Waals surface area contributed by atoms with Crippen LogP contribution in [-0.2, 0) is 21.1 Å². The largest absolute Gasteiger partial charge is 0.302 e. The number of sulfone groups is 1. The Hall–Kier alpha value is -1.96. The lowest BCUT2D eigenvalue weighted by Crippen LogP contribution is -2.14. The third kappa shape index (κ3) is 3.92. The monoisotopic (exact) mass is 380 g/mol. The zero-order valence-corrected chi connectivity index (χ0v) is 15.0. The Labute approximate surface area is 148 Å². The van der Waals surface area contributed by atoms with Crippen molar-refractivity contribution in [2.75, 3.05) is 11.6 Å². The fraction of sp³-hybridized carbons (Fsp3) is 0.125. The first-order valence-corrected chi connectivity index (χ1v) is 10.0. The molecule has 0 saturated carbocycles. The first kappa shape index (κ1) is 16.9. The van der Waals surface area contributed by atoms with E-state index in [2.05, 4.69) is 10.3 Å². The summed E-state index contributed by atoms with van der Waals surface area (Å²) in [5, 5.41) is 3.80. The van der Waals surface area contributed by atoms with E-state index < -0.39 is 9.84 Å². The minimum Gasteiger partial charge on any atom is -0.302 e. The molecule has 0 radical (unpaired) electrons. The summed E-state index contributed by atoms with van der Waals surface area (Å²) in [6.07, 6.45) is 1.37. The van der Waals surface area contributed by atoms with Gasteiger partial charge < -0.3 is 5.32 Å². The Balaban J connectivity index is 1.77. The molecule has 24 heavy (non-hydrogen) atoms. The maximum Gasteiger partial charge on any atom is 0.230 e. The van der Waals surface area contributed by atoms with E-state index in [1.165, 1.54) is 17.4 Å². The van der Waals surface area contributed by atoms with Crippen LogP contribution in [0.4, 0.5) is 5.13 Å². The van der Waals surface area contributed by atoms with Crippen molar-refractivity contribution in [3.8, 4) is 0 Å². The molecule has 0 aliphatic heterocycles. The fourth-order valence-electron chi connectivity index (χ4n) is 2.14. The summed E-state index contributed by atoms with van der Waals surface area (Å²) < 4.78 is 23.9. The van der Waals surface area contributed by atoms with Crippen LogP contribution in [0, 0.1) is 0 Å². The number of anilines is 1. The number of carbonyl (C=O) groups is 1. The molecule has 0 spiro atoms. The first-order chi connectivity index (χ1) is 11.3. The summed E-state index contributed by atoms with van der Waals surface area (Å²) in [6, 6.07) is 11.8. The smallest absolute Gasteiger partial charge is 0.230 e. The van der Waals surface area contributed by atoms with Crippen molar-refractivity contribution in [3.05, 3.63) is 53.1 Å². The molecule has 2 aromatic carbocycles. The molecule has 0 unspecified atom stereocenters. The molecule has 1 amide bonds. The quantitative estimate of drug-likeness (QED) is 0.751. The molecule has 0 saturated heterocycles. The Morgan fingerprint density at radius 3 is 2.58 bits per heavy atom. The third-order valence-electron chi connectivity index (χ3n) is 3.31. The highest BCUT2D eigenvalue weighted by Crippen LogP contribution is 2.28. The van der Waals surface area contributed by atoms with Gasteiger partial charge in [0.2, 0.25) is 5.91 Å². The zero-order chi connectivity index (χ0) is 17.3. The molecule has 1 N–H and O–H groups in total. The van der Waals surface area contributed by atoms with Crippen molar-refractivity contribution in [2.45, 2.75) is 11.3 Å². The zero-order valence-electron chi connectivity index (χ0n) is 12.6. The summed E-state index contributed by atoms with van der Waals surface area (Å²) in [7, 11) is -3.27. The van der Waals surface area contributed by atoms with Gasteiger partial charge in [0.15, 0.2) is 15.0 Å². The van der Waals surface area contributed by atoms with Crippen LogP contribution in [0.15, 0.2) is 47.4 Å². The number of hydrogen-bond donors (Lipinski definition) is 1. The van der Waals surface area contributed by atoms with Crippen molar-refractivity contribution in [1.82, 2.24) is 4.98 Å². The minimum absolute atomic E-state index is 0.195. The van der Waals surface area contributed by atoms with Crippen LogP contribution in [0.2, 0.25) is 5.02 Å². The van der Waals surface area contributed by atoms with Crippen LogP contribution in [0.1, 0.15) is 5.56 Å². The highest BCUT2D eigenvalue weighted by Gasteiger charge is 2.12. The molecule has 0 fully saturated rings. The second-order valence-electron chi connectivity index (χ2n) is 5.27. The predicted octanol–water partition coefficient (Wildman–Crippen LogP) is 3.53. The van der Waals surface area contributed by atoms with E-state index >= 15 is 0 Å². The Kier molecular flexibility index (Phi) is 4.58. The van der Waals surface area contributed by atoms with Gasteiger partial charge in [-0.15, -0.1) is 0 Å². The molecule has 3 aromatic rings. The number of nitrogens with zero attached hydrogens (tertiary/aromatic N) is 1. The van der Waals surface area contributed by atoms with Crippen molar-refractivity contribution in [2.24, 2.45) is 0 Å². The summed E-state index contributed by atoms with van der Waals surface area (Å²) in [5.41, 5.74) is 1.49. The average molecular weight is 381 g/mol. The van der Waals surface area contributed by atoms with Crippen LogP contribution < -0.4 is 5.32 Å². The maximum atomic E-state index is 12.1. The molecule has 1 heterocycles. The average Bonchev–Trinajstić information content (AvgIpc) is 2.89. The molecule has 0 aliphatic rings. The molecule has 0 atom stereocenters. The van der Waals surface area contributed by atoms with Crippen LogP contribution in [0.3, 0.4) is 0 Å². The van der Waals surface area contributed by atoms with Gasteiger partial charge in [0.1, 0.15) is 0 Å². The number of halogens is 1. The van der Waals surface area contributed by atoms with Crippen molar-refractivity contribution in [1.29, 1.82) is 0 Å². The second kappa shape index (κ2) is 6.51. The number of fused-ring (bicyclic) bond motifs is 1. The van der Waals surface area contributed by atoms with Crippen molar-refractivity contribution >= 4 is 54.0 Å². The van der Waals surface area contributed by atoms with Crippen LogP contribution >= 0.6 is 22.9 Å². The summed E-state index contributed by atoms with van der Waals surface area (Å²) in [6.45, 7) is 0. The predicted molar refractivity (Wildman–Crippen MR) is 96.5 cm³/mol. The topological polar surface area (TPSA) is 76.1 Å². The molecular weight excluding hydrogens is 368 g/mol. The van der Waals surface area contributed by atoms with Gasteiger partial charge in [0, 0.05) is 11.3 Å². The standard InChI is InChI=1S/C16H13ClN2O3S2/c1-24(21,22)12-6-7-13-14(9-12)23-16(18-13)19-15(20)8-10-2-4-11(17)5-3-10/h2-7,9H,8H2,1H3,(H,18,19,20). The van der Waals surface area contributed by atoms with Crippen LogP contribution in [0.5, 0.6) is 0 Å². The molecule has 8 heteroatoms.